The lowest BCUT2D eigenvalue weighted by molar-refractivity contribution is 0.584. The molecule has 3 aromatic rings. The average molecular weight is 369 g/mol. The third kappa shape index (κ3) is 4.90. The highest BCUT2D eigenvalue weighted by Crippen LogP contribution is 2.24. The second-order valence-corrected chi connectivity index (χ2v) is 7.39. The van der Waals surface area contributed by atoms with Crippen LogP contribution < -0.4 is 5.32 Å². The molecule has 0 bridgehead atoms. The fourth-order valence-electron chi connectivity index (χ4n) is 3.48. The van der Waals surface area contributed by atoms with Crippen molar-refractivity contribution >= 4 is 22.5 Å². The van der Waals surface area contributed by atoms with E-state index in [4.69, 9.17) is 11.6 Å². The summed E-state index contributed by atoms with van der Waals surface area (Å²) in [6.45, 7) is 5.07. The Morgan fingerprint density at radius 1 is 0.885 bits per heavy atom. The van der Waals surface area contributed by atoms with Crippen LogP contribution in [-0.2, 0) is 13.1 Å². The number of rotatable bonds is 10. The minimum Gasteiger partial charge on any atom is -0.343 e. The first-order valence-corrected chi connectivity index (χ1v) is 10.2. The zero-order valence-corrected chi connectivity index (χ0v) is 16.4. The maximum absolute atomic E-state index is 6.36. The highest BCUT2D eigenvalue weighted by molar-refractivity contribution is 6.31. The molecular weight excluding hydrogens is 340 g/mol. The molecule has 1 N–H and O–H groups in total. The lowest BCUT2D eigenvalue weighted by atomic mass is 10.1. The fourth-order valence-corrected chi connectivity index (χ4v) is 3.68. The molecule has 1 heterocycles. The highest BCUT2D eigenvalue weighted by Gasteiger charge is 2.09. The number of halogens is 1. The zero-order chi connectivity index (χ0) is 18.2. The van der Waals surface area contributed by atoms with Gasteiger partial charge in [0.1, 0.15) is 0 Å². The van der Waals surface area contributed by atoms with Crippen LogP contribution in [0.5, 0.6) is 0 Å². The number of aromatic nitrogens is 1. The lowest BCUT2D eigenvalue weighted by Gasteiger charge is -2.07. The molecule has 0 spiro atoms. The number of hydrogen-bond acceptors (Lipinski definition) is 1. The molecule has 0 aliphatic carbocycles. The van der Waals surface area contributed by atoms with Crippen molar-refractivity contribution in [1.82, 2.24) is 9.88 Å². The molecule has 1 aromatic heterocycles. The summed E-state index contributed by atoms with van der Waals surface area (Å²) in [7, 11) is 0. The Hall–Kier alpha value is -1.77. The average Bonchev–Trinajstić information content (AvgIpc) is 3.01. The second-order valence-electron chi connectivity index (χ2n) is 6.98. The van der Waals surface area contributed by atoms with Gasteiger partial charge in [-0.25, -0.2) is 0 Å². The van der Waals surface area contributed by atoms with Crippen LogP contribution in [0.25, 0.3) is 10.9 Å². The Bertz CT molecular complexity index is 822. The van der Waals surface area contributed by atoms with Gasteiger partial charge in [0.25, 0.3) is 0 Å². The van der Waals surface area contributed by atoms with Gasteiger partial charge in [0, 0.05) is 35.2 Å². The molecular formula is C23H29ClN2. The van der Waals surface area contributed by atoms with E-state index >= 15 is 0 Å². The predicted octanol–water partition coefficient (Wildman–Crippen LogP) is 6.40. The number of nitrogens with one attached hydrogen (secondary N) is 1. The molecule has 2 aromatic carbocycles. The van der Waals surface area contributed by atoms with Gasteiger partial charge in [-0.05, 0) is 36.2 Å². The van der Waals surface area contributed by atoms with E-state index in [0.29, 0.717) is 0 Å². The number of unbranched alkanes of at least 4 members (excludes halogenated alkanes) is 4. The number of hydrogen-bond donors (Lipinski definition) is 1. The number of para-hydroxylation sites is 1. The van der Waals surface area contributed by atoms with Crippen molar-refractivity contribution in [3.8, 4) is 0 Å². The smallest absolute Gasteiger partial charge is 0.0491 e. The van der Waals surface area contributed by atoms with Gasteiger partial charge in [-0.2, -0.15) is 0 Å². The minimum atomic E-state index is 0.803. The van der Waals surface area contributed by atoms with Crippen LogP contribution in [-0.4, -0.2) is 11.1 Å². The molecule has 2 nitrogen and oxygen atoms in total. The lowest BCUT2D eigenvalue weighted by Crippen LogP contribution is -2.14. The summed E-state index contributed by atoms with van der Waals surface area (Å²) in [5, 5.41) is 5.78. The van der Waals surface area contributed by atoms with Crippen LogP contribution in [0.2, 0.25) is 5.02 Å². The van der Waals surface area contributed by atoms with Crippen molar-refractivity contribution in [3.63, 3.8) is 0 Å². The third-order valence-corrected chi connectivity index (χ3v) is 5.31. The first-order valence-electron chi connectivity index (χ1n) is 9.80. The first kappa shape index (κ1) is 19.0. The zero-order valence-electron chi connectivity index (χ0n) is 15.7. The minimum absolute atomic E-state index is 0.803. The molecule has 0 unspecified atom stereocenters. The molecule has 0 aliphatic heterocycles. The van der Waals surface area contributed by atoms with Crippen LogP contribution in [0.3, 0.4) is 0 Å². The molecule has 0 fully saturated rings. The maximum atomic E-state index is 6.36. The van der Waals surface area contributed by atoms with Gasteiger partial charge in [-0.15, -0.1) is 0 Å². The Labute approximate surface area is 162 Å². The van der Waals surface area contributed by atoms with E-state index in [1.165, 1.54) is 48.6 Å². The van der Waals surface area contributed by atoms with Crippen molar-refractivity contribution in [2.75, 3.05) is 6.54 Å². The van der Waals surface area contributed by atoms with Gasteiger partial charge >= 0.3 is 0 Å². The van der Waals surface area contributed by atoms with Gasteiger partial charge in [0.2, 0.25) is 0 Å². The quantitative estimate of drug-likeness (QED) is 0.409. The number of nitrogens with zero attached hydrogens (tertiary/aromatic N) is 1. The highest BCUT2D eigenvalue weighted by atomic mass is 35.5. The van der Waals surface area contributed by atoms with Crippen molar-refractivity contribution in [2.45, 2.75) is 52.1 Å². The summed E-state index contributed by atoms with van der Waals surface area (Å²) in [6, 6.07) is 16.7. The van der Waals surface area contributed by atoms with Gasteiger partial charge < -0.3 is 9.88 Å². The van der Waals surface area contributed by atoms with Crippen molar-refractivity contribution < 1.29 is 0 Å². The summed E-state index contributed by atoms with van der Waals surface area (Å²) in [5.41, 5.74) is 3.79. The molecule has 0 radical (unpaired) electrons. The molecule has 0 saturated carbocycles. The topological polar surface area (TPSA) is 17.0 Å². The maximum Gasteiger partial charge on any atom is 0.0491 e. The van der Waals surface area contributed by atoms with Crippen molar-refractivity contribution in [2.24, 2.45) is 0 Å². The van der Waals surface area contributed by atoms with E-state index in [-0.39, 0.29) is 0 Å². The molecule has 0 amide bonds. The molecule has 0 saturated heterocycles. The van der Waals surface area contributed by atoms with Crippen molar-refractivity contribution in [1.29, 1.82) is 0 Å². The fraction of sp³-hybridized carbons (Fsp3) is 0.391. The van der Waals surface area contributed by atoms with Gasteiger partial charge in [0.05, 0.1) is 0 Å². The van der Waals surface area contributed by atoms with Crippen LogP contribution >= 0.6 is 11.6 Å². The van der Waals surface area contributed by atoms with E-state index < -0.39 is 0 Å². The monoisotopic (exact) mass is 368 g/mol. The molecule has 0 aliphatic rings. The first-order chi connectivity index (χ1) is 12.8. The van der Waals surface area contributed by atoms with Crippen LogP contribution in [0.15, 0.2) is 54.7 Å². The normalized spacial score (nSPS) is 11.3. The SMILES string of the molecule is CCCCCCCNCc1cn(Cc2ccccc2Cl)c2ccccc12. The Morgan fingerprint density at radius 3 is 2.50 bits per heavy atom. The summed E-state index contributed by atoms with van der Waals surface area (Å²) in [4.78, 5) is 0. The van der Waals surface area contributed by atoms with E-state index in [1.54, 1.807) is 0 Å². The Balaban J connectivity index is 1.66. The molecule has 0 atom stereocenters. The van der Waals surface area contributed by atoms with Gasteiger partial charge in [-0.3, -0.25) is 0 Å². The molecule has 3 rings (SSSR count). The largest absolute Gasteiger partial charge is 0.343 e. The van der Waals surface area contributed by atoms with E-state index in [1.807, 2.05) is 18.2 Å². The van der Waals surface area contributed by atoms with E-state index in [0.717, 1.165) is 30.2 Å². The number of fused-ring (bicyclic) bond motifs is 1. The van der Waals surface area contributed by atoms with Crippen LogP contribution in [0.1, 0.15) is 50.2 Å². The van der Waals surface area contributed by atoms with E-state index in [9.17, 15) is 0 Å². The summed E-state index contributed by atoms with van der Waals surface area (Å²) >= 11 is 6.36. The Morgan fingerprint density at radius 2 is 1.65 bits per heavy atom. The summed E-state index contributed by atoms with van der Waals surface area (Å²) in [6.07, 6.45) is 8.88. The van der Waals surface area contributed by atoms with Gasteiger partial charge in [-0.1, -0.05) is 80.6 Å². The van der Waals surface area contributed by atoms with Gasteiger partial charge in [0.15, 0.2) is 0 Å². The summed E-state index contributed by atoms with van der Waals surface area (Å²) < 4.78 is 2.31. The molecule has 138 valence electrons. The van der Waals surface area contributed by atoms with Crippen molar-refractivity contribution in [3.05, 3.63) is 70.9 Å². The standard InChI is InChI=1S/C23H29ClN2/c1-2-3-4-5-10-15-25-16-20-18-26(23-14-9-7-12-21(20)23)17-19-11-6-8-13-22(19)24/h6-9,11-14,18,25H,2-5,10,15-17H2,1H3. The van der Waals surface area contributed by atoms with Crippen LogP contribution in [0.4, 0.5) is 0 Å². The molecule has 26 heavy (non-hydrogen) atoms. The summed E-state index contributed by atoms with van der Waals surface area (Å²) in [5.74, 6) is 0. The second kappa shape index (κ2) is 9.80. The number of benzene rings is 2. The third-order valence-electron chi connectivity index (χ3n) is 4.94. The van der Waals surface area contributed by atoms with E-state index in [2.05, 4.69) is 53.3 Å². The molecule has 3 heteroatoms. The Kier molecular flexibility index (Phi) is 7.16. The predicted molar refractivity (Wildman–Crippen MR) is 113 cm³/mol. The van der Waals surface area contributed by atoms with Crippen LogP contribution in [0, 0.1) is 0 Å².